The van der Waals surface area contributed by atoms with Crippen molar-refractivity contribution in [3.63, 3.8) is 0 Å². The van der Waals surface area contributed by atoms with Gasteiger partial charge in [0.1, 0.15) is 11.7 Å². The summed E-state index contributed by atoms with van der Waals surface area (Å²) in [6.45, 7) is 3.74. The van der Waals surface area contributed by atoms with Gasteiger partial charge < -0.3 is 15.5 Å². The Morgan fingerprint density at radius 2 is 1.88 bits per heavy atom. The van der Waals surface area contributed by atoms with E-state index < -0.39 is 56.2 Å². The third-order valence-corrected chi connectivity index (χ3v) is 11.2. The molecule has 0 saturated heterocycles. The highest BCUT2D eigenvalue weighted by Crippen LogP contribution is 2.58. The molecule has 0 spiro atoms. The first-order chi connectivity index (χ1) is 18.8. The lowest BCUT2D eigenvalue weighted by Crippen LogP contribution is -2.53. The maximum atomic E-state index is 13.9. The summed E-state index contributed by atoms with van der Waals surface area (Å²) < 4.78 is 54.6. The molecule has 1 heterocycles. The molecule has 2 bridgehead atoms. The first-order valence-electron chi connectivity index (χ1n) is 13.0. The summed E-state index contributed by atoms with van der Waals surface area (Å²) in [5, 5.41) is 24.7. The van der Waals surface area contributed by atoms with Crippen molar-refractivity contribution in [1.82, 2.24) is 4.98 Å². The maximum Gasteiger partial charge on any atom is 0.255 e. The first kappa shape index (κ1) is 28.6. The number of hydrogen-bond donors (Lipinski definition) is 3. The van der Waals surface area contributed by atoms with Crippen molar-refractivity contribution in [2.45, 2.75) is 55.0 Å². The van der Waals surface area contributed by atoms with Gasteiger partial charge >= 0.3 is 0 Å². The highest BCUT2D eigenvalue weighted by molar-refractivity contribution is 7.92. The number of sulfone groups is 1. The van der Waals surface area contributed by atoms with Crippen LogP contribution in [0.3, 0.4) is 0 Å². The third kappa shape index (κ3) is 4.81. The number of carbonyl (C=O) groups excluding carboxylic acids is 1. The van der Waals surface area contributed by atoms with Gasteiger partial charge in [-0.1, -0.05) is 24.6 Å². The zero-order chi connectivity index (χ0) is 29.0. The minimum absolute atomic E-state index is 0.00193. The number of rotatable bonds is 6. The molecule has 212 valence electrons. The zero-order valence-electron chi connectivity index (χ0n) is 21.8. The van der Waals surface area contributed by atoms with Crippen molar-refractivity contribution in [2.75, 3.05) is 5.32 Å². The topological polar surface area (TPSA) is 117 Å². The molecule has 6 atom stereocenters. The minimum atomic E-state index is -4.06. The number of aliphatic hydroxyl groups excluding tert-OH is 1. The van der Waals surface area contributed by atoms with E-state index in [2.05, 4.69) is 10.3 Å². The van der Waals surface area contributed by atoms with Gasteiger partial charge in [0, 0.05) is 23.5 Å². The summed E-state index contributed by atoms with van der Waals surface area (Å²) in [7, 11) is -4.06. The molecule has 1 amide bonds. The Labute approximate surface area is 236 Å². The monoisotopic (exact) mass is 590 g/mol. The van der Waals surface area contributed by atoms with E-state index in [9.17, 15) is 32.2 Å². The highest BCUT2D eigenvalue weighted by atomic mass is 35.5. The fraction of sp³-hybridized carbons (Fsp3) is 0.379. The molecule has 40 heavy (non-hydrogen) atoms. The Morgan fingerprint density at radius 3 is 2.55 bits per heavy atom. The Bertz CT molecular complexity index is 1590. The van der Waals surface area contributed by atoms with Crippen LogP contribution in [0.1, 0.15) is 53.9 Å². The van der Waals surface area contributed by atoms with E-state index >= 15 is 0 Å². The normalized spacial score (nSPS) is 26.9. The van der Waals surface area contributed by atoms with Gasteiger partial charge in [0.2, 0.25) is 0 Å². The molecule has 11 heteroatoms. The van der Waals surface area contributed by atoms with Gasteiger partial charge in [-0.2, -0.15) is 0 Å². The molecule has 3 unspecified atom stereocenters. The quantitative estimate of drug-likeness (QED) is 0.361. The Balaban J connectivity index is 1.42. The van der Waals surface area contributed by atoms with Crippen molar-refractivity contribution >= 4 is 33.0 Å². The number of carbonyl (C=O) groups is 1. The molecule has 2 aliphatic rings. The number of nitrogens with one attached hydrogen (secondary N) is 1. The number of nitrogens with zero attached hydrogens (tertiary/aromatic N) is 1. The fourth-order valence-corrected chi connectivity index (χ4v) is 8.84. The standard InChI is InChI=1S/C29H29ClF2N2O5S/c1-15-4-3-9-33-26(15)27(35)29(37)18-10-16(2)21(29)14-20(12-18)40(38,39)25-11-17(5-7-22(25)30)28(36)34-19-6-8-23(31)24(32)13-19/h3-9,11,13,16,18,20-21,27,35,37H,10,12,14H2,1-2H3,(H,34,36)/t16-,18?,20?,21?,27-,29+/m0/s1. The second kappa shape index (κ2) is 10.5. The first-order valence-corrected chi connectivity index (χ1v) is 14.9. The van der Waals surface area contributed by atoms with E-state index in [1.165, 1.54) is 24.3 Å². The molecule has 0 radical (unpaired) electrons. The van der Waals surface area contributed by atoms with Crippen molar-refractivity contribution in [1.29, 1.82) is 0 Å². The molecule has 2 aliphatic carbocycles. The number of hydrogen-bond acceptors (Lipinski definition) is 6. The fourth-order valence-electron chi connectivity index (χ4n) is 6.47. The number of benzene rings is 2. The predicted octanol–water partition coefficient (Wildman–Crippen LogP) is 5.25. The van der Waals surface area contributed by atoms with Crippen LogP contribution < -0.4 is 5.32 Å². The number of halogens is 3. The van der Waals surface area contributed by atoms with Crippen LogP contribution in [0.4, 0.5) is 14.5 Å². The summed E-state index contributed by atoms with van der Waals surface area (Å²) in [6.07, 6.45) is 1.02. The molecular weight excluding hydrogens is 562 g/mol. The van der Waals surface area contributed by atoms with E-state index in [0.717, 1.165) is 17.7 Å². The van der Waals surface area contributed by atoms with Gasteiger partial charge in [-0.25, -0.2) is 17.2 Å². The molecular formula is C29H29ClF2N2O5S. The number of aromatic nitrogens is 1. The molecule has 0 aliphatic heterocycles. The van der Waals surface area contributed by atoms with E-state index in [-0.39, 0.29) is 39.9 Å². The van der Waals surface area contributed by atoms with Crippen molar-refractivity contribution in [3.05, 3.63) is 88.2 Å². The predicted molar refractivity (Wildman–Crippen MR) is 146 cm³/mol. The number of anilines is 1. The molecule has 2 saturated carbocycles. The second-order valence-corrected chi connectivity index (χ2v) is 13.5. The lowest BCUT2D eigenvalue weighted by molar-refractivity contribution is -0.149. The second-order valence-electron chi connectivity index (χ2n) is 10.9. The van der Waals surface area contributed by atoms with E-state index in [1.54, 1.807) is 25.3 Å². The largest absolute Gasteiger partial charge is 0.386 e. The van der Waals surface area contributed by atoms with Crippen LogP contribution in [0, 0.1) is 36.3 Å². The summed E-state index contributed by atoms with van der Waals surface area (Å²) in [4.78, 5) is 16.9. The smallest absolute Gasteiger partial charge is 0.255 e. The van der Waals surface area contributed by atoms with Gasteiger partial charge in [-0.3, -0.25) is 9.78 Å². The van der Waals surface area contributed by atoms with Crippen molar-refractivity contribution < 1.29 is 32.2 Å². The molecule has 5 rings (SSSR count). The van der Waals surface area contributed by atoms with Gasteiger partial charge in [0.25, 0.3) is 5.91 Å². The summed E-state index contributed by atoms with van der Waals surface area (Å²) in [6, 6.07) is 10.2. The summed E-state index contributed by atoms with van der Waals surface area (Å²) in [5.41, 5.74) is -0.464. The Morgan fingerprint density at radius 1 is 1.12 bits per heavy atom. The number of aliphatic hydroxyl groups is 2. The van der Waals surface area contributed by atoms with Crippen LogP contribution in [0.5, 0.6) is 0 Å². The third-order valence-electron chi connectivity index (χ3n) is 8.52. The van der Waals surface area contributed by atoms with Crippen LogP contribution in [0.25, 0.3) is 0 Å². The average molecular weight is 591 g/mol. The highest BCUT2D eigenvalue weighted by Gasteiger charge is 2.62. The average Bonchev–Trinajstić information content (AvgIpc) is 3.03. The van der Waals surface area contributed by atoms with Gasteiger partial charge in [0.15, 0.2) is 21.5 Å². The lowest BCUT2D eigenvalue weighted by atomic mass is 9.69. The molecule has 2 aromatic carbocycles. The van der Waals surface area contributed by atoms with E-state index in [1.807, 2.05) is 6.92 Å². The maximum absolute atomic E-state index is 13.9. The summed E-state index contributed by atoms with van der Waals surface area (Å²) >= 11 is 6.32. The molecule has 1 aromatic heterocycles. The van der Waals surface area contributed by atoms with Crippen LogP contribution in [0.15, 0.2) is 59.6 Å². The van der Waals surface area contributed by atoms with Crippen LogP contribution >= 0.6 is 11.6 Å². The van der Waals surface area contributed by atoms with Gasteiger partial charge in [0.05, 0.1) is 20.9 Å². The molecule has 2 fully saturated rings. The van der Waals surface area contributed by atoms with Gasteiger partial charge in [-0.05, 0) is 85.9 Å². The van der Waals surface area contributed by atoms with E-state index in [4.69, 9.17) is 11.6 Å². The van der Waals surface area contributed by atoms with Crippen molar-refractivity contribution in [3.8, 4) is 0 Å². The SMILES string of the molecule is Cc1cccnc1[C@H](O)[C@@]1(O)C2CC(S(=O)(=O)c3cc(C(=O)Nc4ccc(F)c(F)c4)ccc3Cl)CC1[C@@H](C)C2. The zero-order valence-corrected chi connectivity index (χ0v) is 23.4. The Hall–Kier alpha value is -2.92. The van der Waals surface area contributed by atoms with E-state index in [0.29, 0.717) is 12.1 Å². The lowest BCUT2D eigenvalue weighted by Gasteiger charge is -2.45. The number of fused-ring (bicyclic) bond motifs is 2. The molecule has 7 nitrogen and oxygen atoms in total. The number of pyridine rings is 1. The minimum Gasteiger partial charge on any atom is -0.386 e. The number of amides is 1. The molecule has 3 N–H and O–H groups in total. The summed E-state index contributed by atoms with van der Waals surface area (Å²) in [5.74, 6) is -3.99. The number of aryl methyl sites for hydroxylation is 1. The van der Waals surface area contributed by atoms with Crippen LogP contribution in [0.2, 0.25) is 5.02 Å². The van der Waals surface area contributed by atoms with Crippen molar-refractivity contribution in [2.24, 2.45) is 17.8 Å². The van der Waals surface area contributed by atoms with Crippen LogP contribution in [-0.2, 0) is 9.84 Å². The van der Waals surface area contributed by atoms with Crippen LogP contribution in [-0.4, -0.2) is 40.4 Å². The molecule has 3 aromatic rings. The van der Waals surface area contributed by atoms with Gasteiger partial charge in [-0.15, -0.1) is 0 Å². The Kier molecular flexibility index (Phi) is 7.50.